The molecule has 2 fully saturated rings. The molecule has 0 aromatic carbocycles. The first-order valence-electron chi connectivity index (χ1n) is 4.32. The van der Waals surface area contributed by atoms with Crippen LogP contribution in [-0.2, 0) is 4.79 Å². The second-order valence-electron chi connectivity index (χ2n) is 3.05. The molecule has 1 aliphatic carbocycles. The lowest BCUT2D eigenvalue weighted by atomic mass is 9.99. The van der Waals surface area contributed by atoms with Crippen molar-refractivity contribution in [1.29, 1.82) is 0 Å². The lowest BCUT2D eigenvalue weighted by Gasteiger charge is -2.18. The Morgan fingerprint density at radius 2 is 2.20 bits per heavy atom. The Bertz CT molecular complexity index is 189. The topological polar surface area (TPSA) is 41.1 Å². The highest BCUT2D eigenvalue weighted by Crippen LogP contribution is 2.31. The lowest BCUT2D eigenvalue weighted by molar-refractivity contribution is -0.123. The molecule has 10 heavy (non-hydrogen) atoms. The van der Waals surface area contributed by atoms with Crippen molar-refractivity contribution in [3.63, 3.8) is 0 Å². The van der Waals surface area contributed by atoms with Crippen molar-refractivity contribution in [1.82, 2.24) is 10.6 Å². The predicted molar refractivity (Wildman–Crippen MR) is 37.3 cm³/mol. The van der Waals surface area contributed by atoms with Gasteiger partial charge < -0.3 is 5.32 Å². The molecular formula is C7H12N2O. The number of carbonyl (C=O) groups is 1. The van der Waals surface area contributed by atoms with E-state index in [9.17, 15) is 4.79 Å². The molecule has 0 bridgehead atoms. The Kier molecular flexibility index (Phi) is 1.00. The molecule has 1 saturated carbocycles. The molecule has 1 atom stereocenters. The van der Waals surface area contributed by atoms with Gasteiger partial charge in [-0.05, 0) is 12.8 Å². The fourth-order valence-corrected chi connectivity index (χ4v) is 1.79. The minimum absolute atomic E-state index is 0.0231. The fourth-order valence-electron chi connectivity index (χ4n) is 1.79. The summed E-state index contributed by atoms with van der Waals surface area (Å²) in [7, 11) is 0. The number of amides is 1. The Morgan fingerprint density at radius 1 is 1.50 bits per heavy atom. The van der Waals surface area contributed by atoms with Gasteiger partial charge in [0.05, 0.1) is 13.6 Å². The number of hydrogen-bond acceptors (Lipinski definition) is 2. The van der Waals surface area contributed by atoms with Crippen molar-refractivity contribution in [2.24, 2.45) is 0 Å². The third-order valence-electron chi connectivity index (χ3n) is 2.44. The standard InChI is InChI=1S/C7H12N2O/c10-6-7(9-5-8-6)3-1-2-4-7/h9H,1-5H2,(H,8,10)/i5T. The Hall–Kier alpha value is -0.570. The molecule has 1 saturated heterocycles. The zero-order valence-electron chi connectivity index (χ0n) is 6.81. The number of hydrogen-bond donors (Lipinski definition) is 2. The second-order valence-corrected chi connectivity index (χ2v) is 3.05. The van der Waals surface area contributed by atoms with Crippen molar-refractivity contribution in [2.75, 3.05) is 6.64 Å². The SMILES string of the molecule is [3H]C1NC(=O)C2(CCCC2)N1. The zero-order chi connectivity index (χ0) is 7.90. The van der Waals surface area contributed by atoms with Crippen molar-refractivity contribution in [3.05, 3.63) is 0 Å². The van der Waals surface area contributed by atoms with Gasteiger partial charge in [-0.25, -0.2) is 0 Å². The van der Waals surface area contributed by atoms with Gasteiger partial charge >= 0.3 is 0 Å². The first-order valence-corrected chi connectivity index (χ1v) is 3.74. The quantitative estimate of drug-likeness (QED) is 0.499. The Morgan fingerprint density at radius 3 is 2.70 bits per heavy atom. The minimum Gasteiger partial charge on any atom is -0.342 e. The zero-order valence-corrected chi connectivity index (χ0v) is 5.81. The first kappa shape index (κ1) is 5.13. The first-order chi connectivity index (χ1) is 5.23. The molecule has 0 aromatic heterocycles. The molecule has 0 aromatic rings. The predicted octanol–water partition coefficient (Wildman–Crippen LogP) is -0.0239. The summed E-state index contributed by atoms with van der Waals surface area (Å²) in [6.45, 7) is -0.583. The third kappa shape index (κ3) is 0.669. The van der Waals surface area contributed by atoms with Gasteiger partial charge in [-0.3, -0.25) is 10.1 Å². The summed E-state index contributed by atoms with van der Waals surface area (Å²) in [6, 6.07) is 0. The number of rotatable bonds is 0. The molecule has 56 valence electrons. The maximum atomic E-state index is 11.3. The molecule has 3 heteroatoms. The van der Waals surface area contributed by atoms with Gasteiger partial charge in [0.1, 0.15) is 0 Å². The van der Waals surface area contributed by atoms with E-state index in [2.05, 4.69) is 10.6 Å². The molecule has 1 spiro atoms. The van der Waals surface area contributed by atoms with Crippen LogP contribution in [0.1, 0.15) is 27.1 Å². The average Bonchev–Trinajstić information content (AvgIpc) is 2.45. The maximum absolute atomic E-state index is 11.3. The number of nitrogens with one attached hydrogen (secondary N) is 2. The summed E-state index contributed by atoms with van der Waals surface area (Å²) >= 11 is 0. The lowest BCUT2D eigenvalue weighted by Crippen LogP contribution is -2.43. The van der Waals surface area contributed by atoms with Gasteiger partial charge in [0.2, 0.25) is 5.91 Å². The van der Waals surface area contributed by atoms with E-state index in [4.69, 9.17) is 1.37 Å². The second kappa shape index (κ2) is 1.95. The summed E-state index contributed by atoms with van der Waals surface area (Å²) in [5, 5.41) is 5.55. The highest BCUT2D eigenvalue weighted by atomic mass is 16.2. The van der Waals surface area contributed by atoms with Crippen molar-refractivity contribution < 1.29 is 6.17 Å². The summed E-state index contributed by atoms with van der Waals surface area (Å²) < 4.78 is 7.31. The van der Waals surface area contributed by atoms with Crippen LogP contribution in [0.15, 0.2) is 0 Å². The highest BCUT2D eigenvalue weighted by molar-refractivity contribution is 5.88. The van der Waals surface area contributed by atoms with E-state index in [1.54, 1.807) is 0 Å². The minimum atomic E-state index is -0.583. The summed E-state index contributed by atoms with van der Waals surface area (Å²) in [5.74, 6) is 0.0231. The molecule has 1 heterocycles. The fraction of sp³-hybridized carbons (Fsp3) is 0.857. The van der Waals surface area contributed by atoms with E-state index < -0.39 is 6.64 Å². The van der Waals surface area contributed by atoms with E-state index in [1.165, 1.54) is 0 Å². The van der Waals surface area contributed by atoms with Crippen LogP contribution in [0.4, 0.5) is 0 Å². The highest BCUT2D eigenvalue weighted by Gasteiger charge is 2.43. The largest absolute Gasteiger partial charge is 0.342 e. The molecule has 3 nitrogen and oxygen atoms in total. The van der Waals surface area contributed by atoms with Gasteiger partial charge in [-0.15, -0.1) is 0 Å². The van der Waals surface area contributed by atoms with Crippen LogP contribution in [0.5, 0.6) is 0 Å². The normalized spacial score (nSPS) is 38.2. The van der Waals surface area contributed by atoms with Crippen molar-refractivity contribution in [3.8, 4) is 0 Å². The van der Waals surface area contributed by atoms with Gasteiger partial charge in [-0.2, -0.15) is 0 Å². The van der Waals surface area contributed by atoms with Crippen LogP contribution >= 0.6 is 0 Å². The van der Waals surface area contributed by atoms with Crippen LogP contribution in [0.2, 0.25) is 0 Å². The molecule has 2 N–H and O–H groups in total. The van der Waals surface area contributed by atoms with Gasteiger partial charge in [-0.1, -0.05) is 12.8 Å². The molecule has 1 unspecified atom stereocenters. The molecule has 2 rings (SSSR count). The smallest absolute Gasteiger partial charge is 0.241 e. The van der Waals surface area contributed by atoms with E-state index in [0.29, 0.717) is 0 Å². The molecule has 1 amide bonds. The Labute approximate surface area is 61.6 Å². The summed E-state index contributed by atoms with van der Waals surface area (Å²) in [6.07, 6.45) is 4.00. The van der Waals surface area contributed by atoms with Gasteiger partial charge in [0, 0.05) is 0 Å². The van der Waals surface area contributed by atoms with Gasteiger partial charge in [0.25, 0.3) is 0 Å². The van der Waals surface area contributed by atoms with Crippen LogP contribution in [0.3, 0.4) is 0 Å². The van der Waals surface area contributed by atoms with Crippen molar-refractivity contribution >= 4 is 5.91 Å². The summed E-state index contributed by atoms with van der Waals surface area (Å²) in [4.78, 5) is 11.3. The maximum Gasteiger partial charge on any atom is 0.241 e. The van der Waals surface area contributed by atoms with E-state index in [0.717, 1.165) is 25.7 Å². The van der Waals surface area contributed by atoms with Crippen LogP contribution in [-0.4, -0.2) is 18.1 Å². The van der Waals surface area contributed by atoms with E-state index >= 15 is 0 Å². The van der Waals surface area contributed by atoms with Crippen LogP contribution in [0, 0.1) is 0 Å². The molecule has 2 aliphatic rings. The van der Waals surface area contributed by atoms with Gasteiger partial charge in [0.15, 0.2) is 0 Å². The third-order valence-corrected chi connectivity index (χ3v) is 2.44. The number of carbonyl (C=O) groups excluding carboxylic acids is 1. The van der Waals surface area contributed by atoms with E-state index in [1.807, 2.05) is 0 Å². The summed E-state index contributed by atoms with van der Waals surface area (Å²) in [5.41, 5.74) is -0.369. The Balaban J connectivity index is 2.18. The monoisotopic (exact) mass is 142 g/mol. The average molecular weight is 142 g/mol. The van der Waals surface area contributed by atoms with Crippen molar-refractivity contribution in [2.45, 2.75) is 31.2 Å². The molecular weight excluding hydrogens is 128 g/mol. The molecule has 0 radical (unpaired) electrons. The van der Waals surface area contributed by atoms with E-state index in [-0.39, 0.29) is 11.4 Å². The van der Waals surface area contributed by atoms with Crippen LogP contribution < -0.4 is 10.6 Å². The molecule has 1 aliphatic heterocycles. The van der Waals surface area contributed by atoms with Crippen LogP contribution in [0.25, 0.3) is 0 Å².